The van der Waals surface area contributed by atoms with Crippen LogP contribution < -0.4 is 10.1 Å². The monoisotopic (exact) mass is 367 g/mol. The van der Waals surface area contributed by atoms with Gasteiger partial charge < -0.3 is 24.4 Å². The van der Waals surface area contributed by atoms with Gasteiger partial charge in [0.05, 0.1) is 33.0 Å². The number of guanidine groups is 1. The smallest absolute Gasteiger partial charge is 0.194 e. The van der Waals surface area contributed by atoms with E-state index in [4.69, 9.17) is 14.2 Å². The van der Waals surface area contributed by atoms with Crippen LogP contribution in [0.5, 0.6) is 5.75 Å². The van der Waals surface area contributed by atoms with Gasteiger partial charge in [0.2, 0.25) is 0 Å². The molecule has 0 radical (unpaired) electrons. The maximum Gasteiger partial charge on any atom is 0.194 e. The molecule has 7 heteroatoms. The molecule has 6 nitrogen and oxygen atoms in total. The van der Waals surface area contributed by atoms with Crippen molar-refractivity contribution in [3.8, 4) is 5.75 Å². The summed E-state index contributed by atoms with van der Waals surface area (Å²) >= 11 is 0. The predicted molar refractivity (Wildman–Crippen MR) is 100 cm³/mol. The highest BCUT2D eigenvalue weighted by molar-refractivity contribution is 5.79. The van der Waals surface area contributed by atoms with Gasteiger partial charge >= 0.3 is 0 Å². The Bertz CT molecular complexity index is 577. The molecule has 1 saturated heterocycles. The summed E-state index contributed by atoms with van der Waals surface area (Å²) in [7, 11) is 3.39. The van der Waals surface area contributed by atoms with Crippen molar-refractivity contribution in [2.75, 3.05) is 47.1 Å². The van der Waals surface area contributed by atoms with Crippen molar-refractivity contribution in [3.05, 3.63) is 29.6 Å². The molecule has 26 heavy (non-hydrogen) atoms. The highest BCUT2D eigenvalue weighted by Gasteiger charge is 2.15. The van der Waals surface area contributed by atoms with E-state index in [2.05, 4.69) is 10.3 Å². The Balaban J connectivity index is 1.82. The minimum Gasteiger partial charge on any atom is -0.494 e. The maximum atomic E-state index is 13.8. The number of rotatable bonds is 9. The van der Waals surface area contributed by atoms with Gasteiger partial charge in [-0.05, 0) is 37.5 Å². The number of aliphatic imine (C=N–C) groups is 1. The molecule has 0 bridgehead atoms. The Hall–Kier alpha value is -1.86. The second kappa shape index (κ2) is 11.0. The summed E-state index contributed by atoms with van der Waals surface area (Å²) in [6.07, 6.45) is 2.43. The van der Waals surface area contributed by atoms with E-state index in [1.54, 1.807) is 6.07 Å². The molecule has 1 heterocycles. The predicted octanol–water partition coefficient (Wildman–Crippen LogP) is 2.43. The van der Waals surface area contributed by atoms with Gasteiger partial charge in [-0.2, -0.15) is 0 Å². The summed E-state index contributed by atoms with van der Waals surface area (Å²) in [6, 6.07) is 4.98. The second-order valence-corrected chi connectivity index (χ2v) is 6.27. The molecule has 0 aromatic heterocycles. The molecule has 0 aliphatic carbocycles. The van der Waals surface area contributed by atoms with Crippen molar-refractivity contribution in [2.24, 2.45) is 4.99 Å². The van der Waals surface area contributed by atoms with Crippen molar-refractivity contribution in [3.63, 3.8) is 0 Å². The lowest BCUT2D eigenvalue weighted by Crippen LogP contribution is -2.38. The number of benzene rings is 1. The Morgan fingerprint density at radius 2 is 2.31 bits per heavy atom. The second-order valence-electron chi connectivity index (χ2n) is 6.27. The first-order valence-electron chi connectivity index (χ1n) is 9.15. The van der Waals surface area contributed by atoms with Crippen molar-refractivity contribution < 1.29 is 18.6 Å². The molecule has 0 amide bonds. The number of hydrogen-bond donors (Lipinski definition) is 1. The first-order chi connectivity index (χ1) is 12.6. The number of nitrogens with one attached hydrogen (secondary N) is 1. The third-order valence-corrected chi connectivity index (χ3v) is 4.16. The van der Waals surface area contributed by atoms with Crippen LogP contribution in [-0.2, 0) is 16.0 Å². The molecule has 2 rings (SSSR count). The average Bonchev–Trinajstić information content (AvgIpc) is 3.14. The molecular formula is C19H30FN3O3. The summed E-state index contributed by atoms with van der Waals surface area (Å²) < 4.78 is 30.0. The highest BCUT2D eigenvalue weighted by Crippen LogP contribution is 2.18. The van der Waals surface area contributed by atoms with Crippen LogP contribution in [0.1, 0.15) is 25.3 Å². The Morgan fingerprint density at radius 1 is 1.46 bits per heavy atom. The van der Waals surface area contributed by atoms with Crippen LogP contribution in [0.3, 0.4) is 0 Å². The first kappa shape index (κ1) is 20.5. The number of hydrogen-bond acceptors (Lipinski definition) is 4. The molecule has 146 valence electrons. The van der Waals surface area contributed by atoms with Crippen LogP contribution in [0, 0.1) is 5.82 Å². The third-order valence-electron chi connectivity index (χ3n) is 4.16. The lowest BCUT2D eigenvalue weighted by atomic mass is 10.2. The molecule has 0 spiro atoms. The molecule has 1 aliphatic heterocycles. The van der Waals surface area contributed by atoms with E-state index in [0.717, 1.165) is 37.5 Å². The molecular weight excluding hydrogens is 337 g/mol. The van der Waals surface area contributed by atoms with E-state index in [9.17, 15) is 4.39 Å². The maximum absolute atomic E-state index is 13.8. The molecule has 1 unspecified atom stereocenters. The fourth-order valence-corrected chi connectivity index (χ4v) is 2.83. The van der Waals surface area contributed by atoms with Crippen molar-refractivity contribution in [1.82, 2.24) is 10.2 Å². The van der Waals surface area contributed by atoms with Crippen molar-refractivity contribution in [2.45, 2.75) is 32.4 Å². The molecule has 1 N–H and O–H groups in total. The average molecular weight is 367 g/mol. The number of halogens is 1. The van der Waals surface area contributed by atoms with Crippen molar-refractivity contribution in [1.29, 1.82) is 0 Å². The van der Waals surface area contributed by atoms with Gasteiger partial charge in [0.15, 0.2) is 17.5 Å². The van der Waals surface area contributed by atoms with E-state index < -0.39 is 0 Å². The van der Waals surface area contributed by atoms with Crippen LogP contribution in [0.2, 0.25) is 0 Å². The first-order valence-corrected chi connectivity index (χ1v) is 9.15. The standard InChI is InChI=1S/C19H30FN3O3/c1-4-21-19(22-9-11-25-14-16-6-5-10-26-16)23(2)13-15-7-8-18(24-3)17(20)12-15/h7-8,12,16H,4-6,9-11,13-14H2,1-3H3,(H,21,22). The van der Waals surface area contributed by atoms with E-state index in [1.807, 2.05) is 24.9 Å². The minimum atomic E-state index is -0.358. The number of nitrogens with zero attached hydrogens (tertiary/aromatic N) is 2. The van der Waals surface area contributed by atoms with Gasteiger partial charge in [0, 0.05) is 26.7 Å². The van der Waals surface area contributed by atoms with Crippen LogP contribution in [-0.4, -0.2) is 64.0 Å². The summed E-state index contributed by atoms with van der Waals surface area (Å²) in [4.78, 5) is 6.54. The third kappa shape index (κ3) is 6.46. The zero-order valence-corrected chi connectivity index (χ0v) is 16.0. The Kier molecular flexibility index (Phi) is 8.64. The van der Waals surface area contributed by atoms with Gasteiger partial charge in [0.1, 0.15) is 0 Å². The Morgan fingerprint density at radius 3 is 2.96 bits per heavy atom. The van der Waals surface area contributed by atoms with E-state index in [1.165, 1.54) is 13.2 Å². The SMILES string of the molecule is CCNC(=NCCOCC1CCCO1)N(C)Cc1ccc(OC)c(F)c1. The fourth-order valence-electron chi connectivity index (χ4n) is 2.83. The fraction of sp³-hybridized carbons (Fsp3) is 0.632. The molecule has 0 saturated carbocycles. The minimum absolute atomic E-state index is 0.236. The largest absolute Gasteiger partial charge is 0.494 e. The van der Waals surface area contributed by atoms with Crippen LogP contribution in [0.15, 0.2) is 23.2 Å². The highest BCUT2D eigenvalue weighted by atomic mass is 19.1. The topological polar surface area (TPSA) is 55.3 Å². The Labute approximate surface area is 155 Å². The molecule has 1 aromatic rings. The lowest BCUT2D eigenvalue weighted by molar-refractivity contribution is 0.0199. The van der Waals surface area contributed by atoms with Crippen LogP contribution in [0.25, 0.3) is 0 Å². The molecule has 1 aromatic carbocycles. The van der Waals surface area contributed by atoms with E-state index in [0.29, 0.717) is 26.3 Å². The summed E-state index contributed by atoms with van der Waals surface area (Å²) in [5.74, 6) is 0.660. The molecule has 1 aliphatic rings. The van der Waals surface area contributed by atoms with E-state index >= 15 is 0 Å². The lowest BCUT2D eigenvalue weighted by Gasteiger charge is -2.22. The zero-order valence-electron chi connectivity index (χ0n) is 16.0. The number of ether oxygens (including phenoxy) is 3. The summed E-state index contributed by atoms with van der Waals surface area (Å²) in [5.41, 5.74) is 0.853. The zero-order chi connectivity index (χ0) is 18.8. The van der Waals surface area contributed by atoms with Crippen molar-refractivity contribution >= 4 is 5.96 Å². The normalized spacial score (nSPS) is 17.4. The summed E-state index contributed by atoms with van der Waals surface area (Å²) in [5, 5.41) is 3.25. The molecule has 1 atom stereocenters. The summed E-state index contributed by atoms with van der Waals surface area (Å²) in [6.45, 7) is 5.92. The van der Waals surface area contributed by atoms with Gasteiger partial charge in [-0.15, -0.1) is 0 Å². The van der Waals surface area contributed by atoms with E-state index in [-0.39, 0.29) is 17.7 Å². The van der Waals surface area contributed by atoms with Gasteiger partial charge in [-0.25, -0.2) is 4.39 Å². The molecule has 1 fully saturated rings. The number of methoxy groups -OCH3 is 1. The van der Waals surface area contributed by atoms with Gasteiger partial charge in [0.25, 0.3) is 0 Å². The quantitative estimate of drug-likeness (QED) is 0.413. The van der Waals surface area contributed by atoms with Gasteiger partial charge in [-0.3, -0.25) is 4.99 Å². The van der Waals surface area contributed by atoms with Crippen LogP contribution >= 0.6 is 0 Å². The van der Waals surface area contributed by atoms with Crippen LogP contribution in [0.4, 0.5) is 4.39 Å². The van der Waals surface area contributed by atoms with Gasteiger partial charge in [-0.1, -0.05) is 6.07 Å².